The van der Waals surface area contributed by atoms with Crippen LogP contribution in [0.2, 0.25) is 0 Å². The predicted octanol–water partition coefficient (Wildman–Crippen LogP) is 3.03. The molecule has 0 aromatic heterocycles. The Bertz CT molecular complexity index is 304. The van der Waals surface area contributed by atoms with Crippen LogP contribution >= 0.6 is 0 Å². The van der Waals surface area contributed by atoms with Crippen LogP contribution in [-0.2, 0) is 9.47 Å². The highest BCUT2D eigenvalue weighted by molar-refractivity contribution is 4.96. The Morgan fingerprint density at radius 2 is 2.33 bits per heavy atom. The standard InChI is InChI=1S/C15H26O3/c1-4-7-12(5-2)14(3)17-11-15(18-14)9-6-8-13(16)10-15/h4,12-13,16H,1,5-11H2,2-3H3. The van der Waals surface area contributed by atoms with Gasteiger partial charge in [0.1, 0.15) is 0 Å². The van der Waals surface area contributed by atoms with Crippen molar-refractivity contribution in [1.29, 1.82) is 0 Å². The van der Waals surface area contributed by atoms with Crippen molar-refractivity contribution in [2.45, 2.75) is 69.9 Å². The average Bonchev–Trinajstić information content (AvgIpc) is 2.64. The van der Waals surface area contributed by atoms with E-state index in [4.69, 9.17) is 9.47 Å². The fraction of sp³-hybridized carbons (Fsp3) is 0.867. The van der Waals surface area contributed by atoms with Gasteiger partial charge in [-0.15, -0.1) is 6.58 Å². The SMILES string of the molecule is C=CCC(CC)C1(C)OCC2(CCCC(O)C2)O1. The van der Waals surface area contributed by atoms with E-state index in [0.717, 1.165) is 32.1 Å². The first kappa shape index (κ1) is 14.0. The molecular weight excluding hydrogens is 228 g/mol. The minimum Gasteiger partial charge on any atom is -0.393 e. The Labute approximate surface area is 110 Å². The molecule has 2 aliphatic rings. The topological polar surface area (TPSA) is 38.7 Å². The van der Waals surface area contributed by atoms with Crippen molar-refractivity contribution in [3.8, 4) is 0 Å². The summed E-state index contributed by atoms with van der Waals surface area (Å²) in [6.45, 7) is 8.64. The van der Waals surface area contributed by atoms with Gasteiger partial charge in [0.2, 0.25) is 0 Å². The van der Waals surface area contributed by atoms with Crippen LogP contribution in [0.4, 0.5) is 0 Å². The summed E-state index contributed by atoms with van der Waals surface area (Å²) in [7, 11) is 0. The summed E-state index contributed by atoms with van der Waals surface area (Å²) in [6.07, 6.45) is 7.27. The predicted molar refractivity (Wildman–Crippen MR) is 71.2 cm³/mol. The van der Waals surface area contributed by atoms with E-state index in [1.807, 2.05) is 13.0 Å². The fourth-order valence-corrected chi connectivity index (χ4v) is 3.43. The zero-order valence-corrected chi connectivity index (χ0v) is 11.7. The zero-order chi connectivity index (χ0) is 13.2. The van der Waals surface area contributed by atoms with E-state index in [9.17, 15) is 5.11 Å². The molecule has 4 unspecified atom stereocenters. The second-order valence-corrected chi connectivity index (χ2v) is 5.97. The number of ether oxygens (including phenoxy) is 2. The van der Waals surface area contributed by atoms with E-state index in [0.29, 0.717) is 18.9 Å². The third kappa shape index (κ3) is 2.63. The molecule has 1 spiro atoms. The second kappa shape index (κ2) is 5.32. The Hall–Kier alpha value is -0.380. The molecule has 0 radical (unpaired) electrons. The summed E-state index contributed by atoms with van der Waals surface area (Å²) in [5, 5.41) is 9.85. The van der Waals surface area contributed by atoms with Crippen LogP contribution in [0.25, 0.3) is 0 Å². The lowest BCUT2D eigenvalue weighted by molar-refractivity contribution is -0.217. The Kier molecular flexibility index (Phi) is 4.15. The van der Waals surface area contributed by atoms with E-state index in [2.05, 4.69) is 13.5 Å². The van der Waals surface area contributed by atoms with Crippen molar-refractivity contribution in [1.82, 2.24) is 0 Å². The fourth-order valence-electron chi connectivity index (χ4n) is 3.43. The minimum absolute atomic E-state index is 0.232. The van der Waals surface area contributed by atoms with Crippen LogP contribution < -0.4 is 0 Å². The molecular formula is C15H26O3. The summed E-state index contributed by atoms with van der Waals surface area (Å²) in [5.74, 6) is -0.173. The first-order valence-corrected chi connectivity index (χ1v) is 7.17. The molecule has 0 amide bonds. The average molecular weight is 254 g/mol. The number of rotatable bonds is 4. The minimum atomic E-state index is -0.514. The van der Waals surface area contributed by atoms with Gasteiger partial charge in [-0.25, -0.2) is 0 Å². The lowest BCUT2D eigenvalue weighted by atomic mass is 9.83. The molecule has 1 aliphatic carbocycles. The quantitative estimate of drug-likeness (QED) is 0.784. The van der Waals surface area contributed by atoms with E-state index in [1.54, 1.807) is 0 Å². The largest absolute Gasteiger partial charge is 0.393 e. The molecule has 18 heavy (non-hydrogen) atoms. The first-order valence-electron chi connectivity index (χ1n) is 7.17. The maximum Gasteiger partial charge on any atom is 0.169 e. The summed E-state index contributed by atoms with van der Waals surface area (Å²) < 4.78 is 12.3. The smallest absolute Gasteiger partial charge is 0.169 e. The van der Waals surface area contributed by atoms with Crippen LogP contribution in [0.15, 0.2) is 12.7 Å². The van der Waals surface area contributed by atoms with Gasteiger partial charge in [0.15, 0.2) is 5.79 Å². The highest BCUT2D eigenvalue weighted by Crippen LogP contribution is 2.45. The van der Waals surface area contributed by atoms with Gasteiger partial charge in [-0.05, 0) is 39.0 Å². The Morgan fingerprint density at radius 1 is 1.56 bits per heavy atom. The highest BCUT2D eigenvalue weighted by atomic mass is 16.8. The molecule has 104 valence electrons. The molecule has 1 saturated carbocycles. The molecule has 0 bridgehead atoms. The monoisotopic (exact) mass is 254 g/mol. The van der Waals surface area contributed by atoms with E-state index < -0.39 is 5.79 Å². The lowest BCUT2D eigenvalue weighted by Crippen LogP contribution is -2.43. The van der Waals surface area contributed by atoms with Crippen molar-refractivity contribution in [3.05, 3.63) is 12.7 Å². The molecule has 1 heterocycles. The molecule has 1 aliphatic heterocycles. The molecule has 4 atom stereocenters. The first-order chi connectivity index (χ1) is 8.53. The van der Waals surface area contributed by atoms with Gasteiger partial charge in [0.25, 0.3) is 0 Å². The Morgan fingerprint density at radius 3 is 2.94 bits per heavy atom. The van der Waals surface area contributed by atoms with Crippen molar-refractivity contribution in [3.63, 3.8) is 0 Å². The summed E-state index contributed by atoms with van der Waals surface area (Å²) >= 11 is 0. The highest BCUT2D eigenvalue weighted by Gasteiger charge is 2.52. The molecule has 1 N–H and O–H groups in total. The lowest BCUT2D eigenvalue weighted by Gasteiger charge is -2.38. The van der Waals surface area contributed by atoms with Crippen LogP contribution in [0.3, 0.4) is 0 Å². The number of hydrogen-bond donors (Lipinski definition) is 1. The molecule has 0 aromatic carbocycles. The maximum atomic E-state index is 9.85. The molecule has 1 saturated heterocycles. The summed E-state index contributed by atoms with van der Waals surface area (Å²) in [4.78, 5) is 0. The molecule has 3 nitrogen and oxygen atoms in total. The molecule has 0 aromatic rings. The zero-order valence-electron chi connectivity index (χ0n) is 11.7. The summed E-state index contributed by atoms with van der Waals surface area (Å²) in [6, 6.07) is 0. The van der Waals surface area contributed by atoms with Crippen molar-refractivity contribution < 1.29 is 14.6 Å². The second-order valence-electron chi connectivity index (χ2n) is 5.97. The van der Waals surface area contributed by atoms with E-state index in [1.165, 1.54) is 0 Å². The maximum absolute atomic E-state index is 9.85. The van der Waals surface area contributed by atoms with Gasteiger partial charge in [0, 0.05) is 12.3 Å². The van der Waals surface area contributed by atoms with E-state index in [-0.39, 0.29) is 11.7 Å². The van der Waals surface area contributed by atoms with Crippen LogP contribution in [0, 0.1) is 5.92 Å². The normalized spacial score (nSPS) is 42.1. The van der Waals surface area contributed by atoms with Crippen molar-refractivity contribution >= 4 is 0 Å². The van der Waals surface area contributed by atoms with Crippen molar-refractivity contribution in [2.75, 3.05) is 6.61 Å². The number of allylic oxidation sites excluding steroid dienone is 1. The third-order valence-corrected chi connectivity index (χ3v) is 4.50. The number of hydrogen-bond acceptors (Lipinski definition) is 3. The summed E-state index contributed by atoms with van der Waals surface area (Å²) in [5.41, 5.74) is -0.249. The van der Waals surface area contributed by atoms with E-state index >= 15 is 0 Å². The van der Waals surface area contributed by atoms with Crippen LogP contribution in [-0.4, -0.2) is 29.2 Å². The van der Waals surface area contributed by atoms with Gasteiger partial charge < -0.3 is 14.6 Å². The van der Waals surface area contributed by atoms with Gasteiger partial charge in [-0.2, -0.15) is 0 Å². The Balaban J connectivity index is 2.07. The van der Waals surface area contributed by atoms with Crippen molar-refractivity contribution in [2.24, 2.45) is 5.92 Å². The van der Waals surface area contributed by atoms with Crippen LogP contribution in [0.1, 0.15) is 52.4 Å². The van der Waals surface area contributed by atoms with Gasteiger partial charge in [-0.1, -0.05) is 13.0 Å². The van der Waals surface area contributed by atoms with Gasteiger partial charge in [0.05, 0.1) is 18.3 Å². The molecule has 2 fully saturated rings. The van der Waals surface area contributed by atoms with Crippen LogP contribution in [0.5, 0.6) is 0 Å². The molecule has 2 rings (SSSR count). The molecule has 3 heteroatoms. The third-order valence-electron chi connectivity index (χ3n) is 4.50. The van der Waals surface area contributed by atoms with Gasteiger partial charge in [-0.3, -0.25) is 0 Å². The number of aliphatic hydroxyl groups is 1. The number of aliphatic hydroxyl groups excluding tert-OH is 1. The van der Waals surface area contributed by atoms with Gasteiger partial charge >= 0.3 is 0 Å².